The van der Waals surface area contributed by atoms with E-state index in [-0.39, 0.29) is 5.92 Å². The monoisotopic (exact) mass is 348 g/mol. The van der Waals surface area contributed by atoms with Gasteiger partial charge in [-0.15, -0.1) is 0 Å². The summed E-state index contributed by atoms with van der Waals surface area (Å²) in [4.78, 5) is 12.0. The Morgan fingerprint density at radius 3 is 2.09 bits per heavy atom. The zero-order valence-electron chi connectivity index (χ0n) is 12.4. The molecular weight excluding hydrogens is 330 g/mol. The molecule has 2 bridgehead atoms. The number of hydrogen-bond acceptors (Lipinski definition) is 3. The Hall–Kier alpha value is -0.990. The summed E-state index contributed by atoms with van der Waals surface area (Å²) in [6.07, 6.45) is -12.0. The molecule has 2 saturated carbocycles. The van der Waals surface area contributed by atoms with Gasteiger partial charge in [-0.25, -0.2) is 0 Å². The van der Waals surface area contributed by atoms with Crippen molar-refractivity contribution < 1.29 is 41.0 Å². The van der Waals surface area contributed by atoms with Crippen molar-refractivity contribution in [2.45, 2.75) is 63.1 Å². The van der Waals surface area contributed by atoms with Gasteiger partial charge in [0.1, 0.15) is 6.10 Å². The molecule has 0 aliphatic heterocycles. The van der Waals surface area contributed by atoms with Crippen LogP contribution in [0.1, 0.15) is 39.0 Å². The molecule has 0 radical (unpaired) electrons. The molecule has 23 heavy (non-hydrogen) atoms. The number of esters is 1. The van der Waals surface area contributed by atoms with Crippen LogP contribution >= 0.6 is 0 Å². The Labute approximate surface area is 129 Å². The molecule has 4 unspecified atom stereocenters. The van der Waals surface area contributed by atoms with Gasteiger partial charge in [-0.1, -0.05) is 6.42 Å². The molecule has 134 valence electrons. The quantitative estimate of drug-likeness (QED) is 0.624. The lowest BCUT2D eigenvalue weighted by atomic mass is 9.89. The highest BCUT2D eigenvalue weighted by Crippen LogP contribution is 2.49. The molecule has 0 aromatic rings. The maximum Gasteiger partial charge on any atom is 0.426 e. The van der Waals surface area contributed by atoms with Gasteiger partial charge in [0.25, 0.3) is 5.60 Å². The Balaban J connectivity index is 2.00. The average molecular weight is 348 g/mol. The fourth-order valence-corrected chi connectivity index (χ4v) is 3.67. The van der Waals surface area contributed by atoms with Gasteiger partial charge in [0.2, 0.25) is 0 Å². The zero-order chi connectivity index (χ0) is 17.6. The predicted octanol–water partition coefficient (Wildman–Crippen LogP) is 3.60. The lowest BCUT2D eigenvalue weighted by Gasteiger charge is -2.34. The first-order chi connectivity index (χ1) is 10.3. The third kappa shape index (κ3) is 3.44. The first-order valence-corrected chi connectivity index (χ1v) is 7.41. The Kier molecular flexibility index (Phi) is 4.65. The lowest BCUT2D eigenvalue weighted by molar-refractivity contribution is -0.373. The van der Waals surface area contributed by atoms with Crippen LogP contribution < -0.4 is 0 Å². The van der Waals surface area contributed by atoms with E-state index in [1.165, 1.54) is 0 Å². The second kappa shape index (κ2) is 5.82. The van der Waals surface area contributed by atoms with Gasteiger partial charge < -0.3 is 9.84 Å². The molecular formula is C14H18F6O3. The van der Waals surface area contributed by atoms with Crippen LogP contribution in [0.2, 0.25) is 0 Å². The standard InChI is InChI=1S/C14H18F6O3/c1-7(6-12(22,13(15,16)17)14(18,19)20)23-11(21)10-5-8-2-3-9(10)4-8/h7-10,22H,2-6H2,1H3. The summed E-state index contributed by atoms with van der Waals surface area (Å²) in [5.74, 6) is -0.739. The number of aliphatic hydroxyl groups is 1. The highest BCUT2D eigenvalue weighted by atomic mass is 19.4. The van der Waals surface area contributed by atoms with Crippen molar-refractivity contribution in [3.8, 4) is 0 Å². The largest absolute Gasteiger partial charge is 0.462 e. The van der Waals surface area contributed by atoms with Gasteiger partial charge in [0.05, 0.1) is 5.92 Å². The average Bonchev–Trinajstić information content (AvgIpc) is 2.97. The summed E-state index contributed by atoms with van der Waals surface area (Å²) in [6.45, 7) is 0.924. The molecule has 9 heteroatoms. The van der Waals surface area contributed by atoms with E-state index in [1.807, 2.05) is 0 Å². The van der Waals surface area contributed by atoms with Gasteiger partial charge >= 0.3 is 18.3 Å². The summed E-state index contributed by atoms with van der Waals surface area (Å²) >= 11 is 0. The van der Waals surface area contributed by atoms with Crippen molar-refractivity contribution in [3.05, 3.63) is 0 Å². The van der Waals surface area contributed by atoms with E-state index in [0.717, 1.165) is 26.2 Å². The number of carbonyl (C=O) groups is 1. The van der Waals surface area contributed by atoms with Crippen molar-refractivity contribution in [2.75, 3.05) is 0 Å². The molecule has 2 aliphatic carbocycles. The van der Waals surface area contributed by atoms with Gasteiger partial charge in [-0.2, -0.15) is 26.3 Å². The summed E-state index contributed by atoms with van der Waals surface area (Å²) in [5, 5.41) is 9.10. The smallest absolute Gasteiger partial charge is 0.426 e. The fourth-order valence-electron chi connectivity index (χ4n) is 3.67. The van der Waals surface area contributed by atoms with Crippen LogP contribution in [0, 0.1) is 17.8 Å². The number of carbonyl (C=O) groups excluding carboxylic acids is 1. The van der Waals surface area contributed by atoms with E-state index in [9.17, 15) is 31.1 Å². The Morgan fingerprint density at radius 1 is 1.13 bits per heavy atom. The molecule has 0 heterocycles. The summed E-state index contributed by atoms with van der Waals surface area (Å²) in [6, 6.07) is 0. The van der Waals surface area contributed by atoms with Crippen molar-refractivity contribution >= 4 is 5.97 Å². The van der Waals surface area contributed by atoms with Crippen LogP contribution in [0.3, 0.4) is 0 Å². The van der Waals surface area contributed by atoms with Crippen LogP contribution in [0.5, 0.6) is 0 Å². The second-order valence-electron chi connectivity index (χ2n) is 6.59. The van der Waals surface area contributed by atoms with Crippen molar-refractivity contribution in [1.82, 2.24) is 0 Å². The summed E-state index contributed by atoms with van der Waals surface area (Å²) < 4.78 is 80.4. The van der Waals surface area contributed by atoms with Crippen LogP contribution in [-0.2, 0) is 9.53 Å². The molecule has 2 rings (SSSR count). The van der Waals surface area contributed by atoms with E-state index in [1.54, 1.807) is 0 Å². The highest BCUT2D eigenvalue weighted by molar-refractivity contribution is 5.73. The third-order valence-corrected chi connectivity index (χ3v) is 4.88. The maximum absolute atomic E-state index is 12.6. The second-order valence-corrected chi connectivity index (χ2v) is 6.59. The normalized spacial score (nSPS) is 29.7. The van der Waals surface area contributed by atoms with Crippen LogP contribution in [0.15, 0.2) is 0 Å². The number of fused-ring (bicyclic) bond motifs is 2. The molecule has 2 fully saturated rings. The maximum atomic E-state index is 12.6. The van der Waals surface area contributed by atoms with E-state index in [4.69, 9.17) is 9.84 Å². The van der Waals surface area contributed by atoms with Crippen LogP contribution in [0.4, 0.5) is 26.3 Å². The first kappa shape index (κ1) is 18.4. The van der Waals surface area contributed by atoms with E-state index in [0.29, 0.717) is 12.3 Å². The minimum atomic E-state index is -5.90. The molecule has 2 aliphatic rings. The summed E-state index contributed by atoms with van der Waals surface area (Å²) in [7, 11) is 0. The Bertz CT molecular complexity index is 444. The number of rotatable bonds is 4. The predicted molar refractivity (Wildman–Crippen MR) is 66.2 cm³/mol. The molecule has 0 aromatic heterocycles. The molecule has 0 amide bonds. The fraction of sp³-hybridized carbons (Fsp3) is 0.929. The van der Waals surface area contributed by atoms with Crippen LogP contribution in [-0.4, -0.2) is 35.1 Å². The third-order valence-electron chi connectivity index (χ3n) is 4.88. The van der Waals surface area contributed by atoms with Gasteiger partial charge in [-0.05, 0) is 38.0 Å². The molecule has 3 nitrogen and oxygen atoms in total. The molecule has 4 atom stereocenters. The number of hydrogen-bond donors (Lipinski definition) is 1. The molecule has 0 aromatic carbocycles. The lowest BCUT2D eigenvalue weighted by Crippen LogP contribution is -2.58. The van der Waals surface area contributed by atoms with Crippen molar-refractivity contribution in [3.63, 3.8) is 0 Å². The zero-order valence-corrected chi connectivity index (χ0v) is 12.4. The van der Waals surface area contributed by atoms with Crippen molar-refractivity contribution in [2.24, 2.45) is 17.8 Å². The van der Waals surface area contributed by atoms with Gasteiger partial charge in [0.15, 0.2) is 0 Å². The number of ether oxygens (including phenoxy) is 1. The van der Waals surface area contributed by atoms with E-state index in [2.05, 4.69) is 0 Å². The molecule has 0 spiro atoms. The topological polar surface area (TPSA) is 46.5 Å². The highest BCUT2D eigenvalue weighted by Gasteiger charge is 2.70. The number of halogens is 6. The minimum absolute atomic E-state index is 0.101. The van der Waals surface area contributed by atoms with E-state index >= 15 is 0 Å². The van der Waals surface area contributed by atoms with Gasteiger partial charge in [-0.3, -0.25) is 4.79 Å². The first-order valence-electron chi connectivity index (χ1n) is 7.41. The van der Waals surface area contributed by atoms with E-state index < -0.39 is 42.4 Å². The van der Waals surface area contributed by atoms with Gasteiger partial charge in [0, 0.05) is 6.42 Å². The number of alkyl halides is 6. The Morgan fingerprint density at radius 2 is 1.70 bits per heavy atom. The molecule has 0 saturated heterocycles. The van der Waals surface area contributed by atoms with Crippen molar-refractivity contribution in [1.29, 1.82) is 0 Å². The minimum Gasteiger partial charge on any atom is -0.462 e. The summed E-state index contributed by atoms with van der Waals surface area (Å²) in [5.41, 5.74) is -4.89. The molecule has 1 N–H and O–H groups in total. The SMILES string of the molecule is CC(CC(O)(C(F)(F)F)C(F)(F)F)OC(=O)C1CC2CCC1C2. The van der Waals surface area contributed by atoms with Crippen LogP contribution in [0.25, 0.3) is 0 Å².